The van der Waals surface area contributed by atoms with Gasteiger partial charge in [0.25, 0.3) is 5.91 Å². The average molecular weight is 356 g/mol. The first-order chi connectivity index (χ1) is 12.0. The third-order valence-electron chi connectivity index (χ3n) is 4.08. The van der Waals surface area contributed by atoms with E-state index in [9.17, 15) is 9.59 Å². The van der Waals surface area contributed by atoms with Crippen molar-refractivity contribution in [1.29, 1.82) is 0 Å². The fourth-order valence-corrected chi connectivity index (χ4v) is 3.96. The van der Waals surface area contributed by atoms with Crippen LogP contribution in [0.4, 0.5) is 5.95 Å². The number of aromatic nitrogens is 4. The third-order valence-corrected chi connectivity index (χ3v) is 4.99. The van der Waals surface area contributed by atoms with Gasteiger partial charge in [-0.3, -0.25) is 14.9 Å². The van der Waals surface area contributed by atoms with Gasteiger partial charge in [0.1, 0.15) is 12.2 Å². The lowest BCUT2D eigenvalue weighted by atomic mass is 10.2. The van der Waals surface area contributed by atoms with Gasteiger partial charge in [-0.15, -0.1) is 11.3 Å². The van der Waals surface area contributed by atoms with E-state index in [1.54, 1.807) is 34.7 Å². The van der Waals surface area contributed by atoms with Crippen LogP contribution in [0.25, 0.3) is 10.3 Å². The number of amides is 2. The molecule has 1 aliphatic heterocycles. The lowest BCUT2D eigenvalue weighted by Crippen LogP contribution is -2.45. The highest BCUT2D eigenvalue weighted by Gasteiger charge is 2.32. The summed E-state index contributed by atoms with van der Waals surface area (Å²) in [7, 11) is 0. The lowest BCUT2D eigenvalue weighted by molar-refractivity contribution is -0.117. The molecule has 25 heavy (non-hydrogen) atoms. The molecule has 1 N–H and O–H groups in total. The van der Waals surface area contributed by atoms with Gasteiger partial charge in [0, 0.05) is 18.9 Å². The second-order valence-corrected chi connectivity index (χ2v) is 7.21. The second kappa shape index (κ2) is 5.92. The van der Waals surface area contributed by atoms with Crippen LogP contribution in [0.2, 0.25) is 0 Å². The number of nitrogens with one attached hydrogen (secondary N) is 1. The Hall–Kier alpha value is -2.81. The first-order valence-corrected chi connectivity index (χ1v) is 8.69. The summed E-state index contributed by atoms with van der Waals surface area (Å²) in [6.07, 6.45) is 3.09. The molecular formula is C16H16N6O2S. The molecule has 0 bridgehead atoms. The molecule has 1 aliphatic rings. The molecule has 4 heterocycles. The van der Waals surface area contributed by atoms with Gasteiger partial charge in [0.05, 0.1) is 15.7 Å². The zero-order valence-corrected chi connectivity index (χ0v) is 14.6. The molecule has 128 valence electrons. The second-order valence-electron chi connectivity index (χ2n) is 5.98. The smallest absolute Gasteiger partial charge is 0.271 e. The quantitative estimate of drug-likeness (QED) is 0.773. The molecule has 8 nitrogen and oxygen atoms in total. The third kappa shape index (κ3) is 2.76. The number of carbonyl (C=O) groups excluding carboxylic acids is 2. The number of aryl methyl sites for hydroxylation is 1. The molecule has 4 rings (SSSR count). The van der Waals surface area contributed by atoms with Crippen molar-refractivity contribution in [2.45, 2.75) is 19.9 Å². The molecule has 2 amide bonds. The van der Waals surface area contributed by atoms with E-state index < -0.39 is 0 Å². The summed E-state index contributed by atoms with van der Waals surface area (Å²) in [5.74, 6) is -0.249. The molecule has 0 aliphatic carbocycles. The van der Waals surface area contributed by atoms with Crippen LogP contribution in [0.3, 0.4) is 0 Å². The van der Waals surface area contributed by atoms with Gasteiger partial charge >= 0.3 is 0 Å². The van der Waals surface area contributed by atoms with Crippen molar-refractivity contribution in [2.24, 2.45) is 0 Å². The van der Waals surface area contributed by atoms with Crippen molar-refractivity contribution in [1.82, 2.24) is 24.4 Å². The van der Waals surface area contributed by atoms with Crippen LogP contribution in [-0.2, 0) is 4.79 Å². The maximum atomic E-state index is 12.8. The van der Waals surface area contributed by atoms with Crippen molar-refractivity contribution in [3.8, 4) is 0 Å². The highest BCUT2D eigenvalue weighted by atomic mass is 32.1. The Morgan fingerprint density at radius 2 is 2.16 bits per heavy atom. The molecule has 0 saturated carbocycles. The minimum atomic E-state index is -0.317. The molecule has 1 unspecified atom stereocenters. The minimum Gasteiger partial charge on any atom is -0.326 e. The SMILES string of the molecule is Cc1nc2c(cc3n2C(C)CN(CC(=O)Nc2ncccn2)C3=O)s1. The van der Waals surface area contributed by atoms with Gasteiger partial charge in [-0.25, -0.2) is 15.0 Å². The Morgan fingerprint density at radius 1 is 1.40 bits per heavy atom. The van der Waals surface area contributed by atoms with Crippen molar-refractivity contribution in [3.05, 3.63) is 35.2 Å². The highest BCUT2D eigenvalue weighted by Crippen LogP contribution is 2.32. The molecule has 0 radical (unpaired) electrons. The van der Waals surface area contributed by atoms with Crippen LogP contribution in [0.15, 0.2) is 24.5 Å². The Bertz CT molecular complexity index is 964. The van der Waals surface area contributed by atoms with Crippen LogP contribution >= 0.6 is 11.3 Å². The number of hydrogen-bond acceptors (Lipinski definition) is 6. The summed E-state index contributed by atoms with van der Waals surface area (Å²) >= 11 is 1.57. The topological polar surface area (TPSA) is 93.0 Å². The molecule has 0 saturated heterocycles. The summed E-state index contributed by atoms with van der Waals surface area (Å²) in [5.41, 5.74) is 1.43. The lowest BCUT2D eigenvalue weighted by Gasteiger charge is -2.32. The van der Waals surface area contributed by atoms with Crippen molar-refractivity contribution >= 4 is 39.4 Å². The molecule has 1 atom stereocenters. The number of anilines is 1. The van der Waals surface area contributed by atoms with E-state index in [2.05, 4.69) is 20.3 Å². The van der Waals surface area contributed by atoms with Crippen molar-refractivity contribution in [2.75, 3.05) is 18.4 Å². The molecule has 0 spiro atoms. The predicted octanol–water partition coefficient (Wildman–Crippen LogP) is 1.85. The number of hydrogen-bond donors (Lipinski definition) is 1. The predicted molar refractivity (Wildman–Crippen MR) is 93.6 cm³/mol. The fourth-order valence-electron chi connectivity index (χ4n) is 3.10. The van der Waals surface area contributed by atoms with Crippen LogP contribution < -0.4 is 5.32 Å². The zero-order chi connectivity index (χ0) is 17.6. The monoisotopic (exact) mass is 356 g/mol. The van der Waals surface area contributed by atoms with Gasteiger partial charge in [-0.1, -0.05) is 0 Å². The standard InChI is InChI=1S/C16H16N6O2S/c1-9-7-21(8-13(23)20-16-17-4-3-5-18-16)15(24)11-6-12-14(22(9)11)19-10(2)25-12/h3-6,9H,7-8H2,1-2H3,(H,17,18,20,23). The van der Waals surface area contributed by atoms with Crippen molar-refractivity contribution in [3.63, 3.8) is 0 Å². The van der Waals surface area contributed by atoms with E-state index in [1.807, 2.05) is 24.5 Å². The minimum absolute atomic E-state index is 0.0350. The van der Waals surface area contributed by atoms with Gasteiger partial charge in [0.15, 0.2) is 5.65 Å². The van der Waals surface area contributed by atoms with E-state index in [0.717, 1.165) is 15.4 Å². The molecule has 0 aromatic carbocycles. The summed E-state index contributed by atoms with van der Waals surface area (Å²) < 4.78 is 2.97. The van der Waals surface area contributed by atoms with Gasteiger partial charge in [0.2, 0.25) is 11.9 Å². The first-order valence-electron chi connectivity index (χ1n) is 7.87. The normalized spacial score (nSPS) is 17.0. The van der Waals surface area contributed by atoms with E-state index in [1.165, 1.54) is 0 Å². The first kappa shape index (κ1) is 15.7. The molecule has 3 aromatic heterocycles. The Morgan fingerprint density at radius 3 is 2.92 bits per heavy atom. The number of fused-ring (bicyclic) bond motifs is 3. The van der Waals surface area contributed by atoms with Gasteiger partial charge < -0.3 is 9.47 Å². The summed E-state index contributed by atoms with van der Waals surface area (Å²) in [4.78, 5) is 39.0. The van der Waals surface area contributed by atoms with E-state index in [0.29, 0.717) is 12.2 Å². The van der Waals surface area contributed by atoms with E-state index in [4.69, 9.17) is 0 Å². The zero-order valence-electron chi connectivity index (χ0n) is 13.8. The molecular weight excluding hydrogens is 340 g/mol. The number of rotatable bonds is 3. The number of thiazole rings is 1. The summed E-state index contributed by atoms with van der Waals surface area (Å²) in [5, 5.41) is 3.58. The molecule has 3 aromatic rings. The van der Waals surface area contributed by atoms with Crippen LogP contribution in [0, 0.1) is 6.92 Å². The Labute approximate surface area is 147 Å². The maximum Gasteiger partial charge on any atom is 0.271 e. The van der Waals surface area contributed by atoms with E-state index >= 15 is 0 Å². The van der Waals surface area contributed by atoms with E-state index in [-0.39, 0.29) is 30.3 Å². The Kier molecular flexibility index (Phi) is 3.72. The maximum absolute atomic E-state index is 12.8. The van der Waals surface area contributed by atoms with Crippen LogP contribution in [0.5, 0.6) is 0 Å². The summed E-state index contributed by atoms with van der Waals surface area (Å²) in [6, 6.07) is 3.58. The average Bonchev–Trinajstić information content (AvgIpc) is 3.09. The van der Waals surface area contributed by atoms with Gasteiger partial charge in [-0.2, -0.15) is 0 Å². The van der Waals surface area contributed by atoms with Crippen LogP contribution in [0.1, 0.15) is 28.5 Å². The largest absolute Gasteiger partial charge is 0.326 e. The Balaban J connectivity index is 1.55. The fraction of sp³-hybridized carbons (Fsp3) is 0.312. The molecule has 0 fully saturated rings. The molecule has 9 heteroatoms. The number of nitrogens with zero attached hydrogens (tertiary/aromatic N) is 5. The van der Waals surface area contributed by atoms with Gasteiger partial charge in [-0.05, 0) is 26.0 Å². The summed E-state index contributed by atoms with van der Waals surface area (Å²) in [6.45, 7) is 4.40. The highest BCUT2D eigenvalue weighted by molar-refractivity contribution is 7.18. The van der Waals surface area contributed by atoms with Crippen molar-refractivity contribution < 1.29 is 9.59 Å². The van der Waals surface area contributed by atoms with Crippen LogP contribution in [-0.4, -0.2) is 49.3 Å². The number of carbonyl (C=O) groups is 2.